The molecule has 34 heavy (non-hydrogen) atoms. The van der Waals surface area contributed by atoms with E-state index < -0.39 is 27.4 Å². The minimum Gasteiger partial charge on any atom is -0.315 e. The number of anilines is 1. The van der Waals surface area contributed by atoms with Crippen LogP contribution in [0.25, 0.3) is 5.69 Å². The normalized spacial score (nSPS) is 11.5. The highest BCUT2D eigenvalue weighted by atomic mass is 32.2. The number of aromatic nitrogens is 1. The third-order valence-corrected chi connectivity index (χ3v) is 6.11. The Labute approximate surface area is 195 Å². The van der Waals surface area contributed by atoms with Crippen LogP contribution in [-0.2, 0) is 14.8 Å². The summed E-state index contributed by atoms with van der Waals surface area (Å²) in [5.74, 6) is -1.14. The van der Waals surface area contributed by atoms with Crippen molar-refractivity contribution < 1.29 is 22.5 Å². The molecule has 10 nitrogen and oxygen atoms in total. The number of aryl methyl sites for hydroxylation is 1. The molecule has 0 atom stereocenters. The lowest BCUT2D eigenvalue weighted by molar-refractivity contribution is -0.384. The van der Waals surface area contributed by atoms with Crippen LogP contribution in [0, 0.1) is 29.8 Å². The van der Waals surface area contributed by atoms with Gasteiger partial charge in [-0.1, -0.05) is 18.2 Å². The van der Waals surface area contributed by atoms with Gasteiger partial charge in [0.05, 0.1) is 28.8 Å². The molecule has 12 heteroatoms. The quantitative estimate of drug-likeness (QED) is 0.297. The number of carbonyl (C=O) groups excluding carboxylic acids is 1. The van der Waals surface area contributed by atoms with Crippen molar-refractivity contribution in [3.63, 3.8) is 0 Å². The van der Waals surface area contributed by atoms with E-state index in [-0.39, 0.29) is 17.2 Å². The molecule has 3 aromatic rings. The van der Waals surface area contributed by atoms with Gasteiger partial charge in [-0.15, -0.1) is 0 Å². The van der Waals surface area contributed by atoms with Crippen molar-refractivity contribution in [3.8, 4) is 5.69 Å². The molecule has 0 aliphatic heterocycles. The Kier molecular flexibility index (Phi) is 7.11. The van der Waals surface area contributed by atoms with Crippen molar-refractivity contribution in [3.05, 3.63) is 87.5 Å². The SMILES string of the molecule is Cc1cc(/C=N\NC(=O)CN(c2cccc([N+](=O)[O-])c2)S(C)(=O)=O)c(C)n1-c1ccccc1F. The van der Waals surface area contributed by atoms with Gasteiger partial charge in [-0.3, -0.25) is 19.2 Å². The van der Waals surface area contributed by atoms with Crippen molar-refractivity contribution in [2.75, 3.05) is 17.1 Å². The van der Waals surface area contributed by atoms with Gasteiger partial charge in [-0.2, -0.15) is 5.10 Å². The topological polar surface area (TPSA) is 127 Å². The number of nitrogens with zero attached hydrogens (tertiary/aromatic N) is 4. The maximum atomic E-state index is 14.2. The van der Waals surface area contributed by atoms with E-state index in [1.54, 1.807) is 42.7 Å². The second-order valence-corrected chi connectivity index (χ2v) is 9.36. The number of rotatable bonds is 8. The fraction of sp³-hybridized carbons (Fsp3) is 0.182. The Bertz CT molecular complexity index is 1380. The monoisotopic (exact) mass is 487 g/mol. The number of hydrazone groups is 1. The number of benzene rings is 2. The van der Waals surface area contributed by atoms with Gasteiger partial charge in [0.1, 0.15) is 12.4 Å². The number of hydrogen-bond acceptors (Lipinski definition) is 6. The summed E-state index contributed by atoms with van der Waals surface area (Å²) in [5.41, 5.74) is 4.37. The number of nitro benzene ring substituents is 1. The Morgan fingerprint density at radius 3 is 2.56 bits per heavy atom. The molecule has 1 amide bonds. The minimum absolute atomic E-state index is 0.0238. The van der Waals surface area contributed by atoms with Gasteiger partial charge in [0.25, 0.3) is 11.6 Å². The molecule has 0 radical (unpaired) electrons. The predicted molar refractivity (Wildman–Crippen MR) is 126 cm³/mol. The van der Waals surface area contributed by atoms with E-state index in [1.807, 2.05) is 0 Å². The van der Waals surface area contributed by atoms with Crippen molar-refractivity contribution >= 4 is 33.5 Å². The number of nitrogens with one attached hydrogen (secondary N) is 1. The fourth-order valence-corrected chi connectivity index (χ4v) is 4.27. The molecule has 1 N–H and O–H groups in total. The van der Waals surface area contributed by atoms with Crippen molar-refractivity contribution in [2.24, 2.45) is 5.10 Å². The van der Waals surface area contributed by atoms with E-state index in [4.69, 9.17) is 0 Å². The van der Waals surface area contributed by atoms with Crippen LogP contribution in [0.4, 0.5) is 15.8 Å². The van der Waals surface area contributed by atoms with Crippen LogP contribution in [0.3, 0.4) is 0 Å². The lowest BCUT2D eigenvalue weighted by Crippen LogP contribution is -2.39. The largest absolute Gasteiger partial charge is 0.315 e. The molecule has 2 aromatic carbocycles. The predicted octanol–water partition coefficient (Wildman–Crippen LogP) is 3.06. The van der Waals surface area contributed by atoms with E-state index in [1.165, 1.54) is 30.5 Å². The van der Waals surface area contributed by atoms with Gasteiger partial charge in [-0.25, -0.2) is 18.2 Å². The minimum atomic E-state index is -3.92. The van der Waals surface area contributed by atoms with E-state index in [2.05, 4.69) is 10.5 Å². The summed E-state index contributed by atoms with van der Waals surface area (Å²) >= 11 is 0. The van der Waals surface area contributed by atoms with E-state index in [9.17, 15) is 27.7 Å². The van der Waals surface area contributed by atoms with E-state index in [0.29, 0.717) is 16.9 Å². The number of non-ortho nitro benzene ring substituents is 1. The summed E-state index contributed by atoms with van der Waals surface area (Å²) in [5, 5.41) is 14.9. The summed E-state index contributed by atoms with van der Waals surface area (Å²) < 4.78 is 41.1. The zero-order chi connectivity index (χ0) is 25.0. The lowest BCUT2D eigenvalue weighted by atomic mass is 10.2. The van der Waals surface area contributed by atoms with Crippen molar-refractivity contribution in [1.29, 1.82) is 0 Å². The second-order valence-electron chi connectivity index (χ2n) is 7.45. The van der Waals surface area contributed by atoms with Crippen molar-refractivity contribution in [1.82, 2.24) is 9.99 Å². The Morgan fingerprint density at radius 2 is 1.91 bits per heavy atom. The molecule has 0 aliphatic carbocycles. The molecule has 0 spiro atoms. The highest BCUT2D eigenvalue weighted by Gasteiger charge is 2.22. The van der Waals surface area contributed by atoms with E-state index >= 15 is 0 Å². The molecule has 0 saturated heterocycles. The van der Waals surface area contributed by atoms with Gasteiger partial charge < -0.3 is 4.57 Å². The molecular formula is C22H22FN5O5S. The van der Waals surface area contributed by atoms with Crippen LogP contribution >= 0.6 is 0 Å². The number of carbonyl (C=O) groups is 1. The van der Waals surface area contributed by atoms with Gasteiger partial charge in [0.15, 0.2) is 0 Å². The number of halogens is 1. The number of para-hydroxylation sites is 1. The molecule has 178 valence electrons. The van der Waals surface area contributed by atoms with Crippen LogP contribution in [-0.4, -0.2) is 42.8 Å². The first-order valence-electron chi connectivity index (χ1n) is 9.97. The highest BCUT2D eigenvalue weighted by molar-refractivity contribution is 7.92. The summed E-state index contributed by atoms with van der Waals surface area (Å²) in [6.07, 6.45) is 2.26. The Hall–Kier alpha value is -4.06. The first-order chi connectivity index (χ1) is 16.0. The number of nitro groups is 1. The number of hydrogen-bond donors (Lipinski definition) is 1. The highest BCUT2D eigenvalue weighted by Crippen LogP contribution is 2.23. The summed E-state index contributed by atoms with van der Waals surface area (Å²) in [6.45, 7) is 2.94. The maximum absolute atomic E-state index is 14.2. The first kappa shape index (κ1) is 24.6. The van der Waals surface area contributed by atoms with Crippen LogP contribution in [0.5, 0.6) is 0 Å². The van der Waals surface area contributed by atoms with E-state index in [0.717, 1.165) is 22.3 Å². The first-order valence-corrected chi connectivity index (χ1v) is 11.8. The number of amides is 1. The van der Waals surface area contributed by atoms with Gasteiger partial charge in [0.2, 0.25) is 10.0 Å². The van der Waals surface area contributed by atoms with Gasteiger partial charge >= 0.3 is 0 Å². The third-order valence-electron chi connectivity index (χ3n) is 4.97. The van der Waals surface area contributed by atoms with Crippen LogP contribution in [0.2, 0.25) is 0 Å². The molecule has 0 unspecified atom stereocenters. The van der Waals surface area contributed by atoms with Crippen LogP contribution < -0.4 is 9.73 Å². The molecule has 3 rings (SSSR count). The molecular weight excluding hydrogens is 465 g/mol. The summed E-state index contributed by atoms with van der Waals surface area (Å²) in [6, 6.07) is 13.0. The molecule has 0 bridgehead atoms. The summed E-state index contributed by atoms with van der Waals surface area (Å²) in [4.78, 5) is 22.7. The second kappa shape index (κ2) is 9.83. The van der Waals surface area contributed by atoms with Crippen molar-refractivity contribution in [2.45, 2.75) is 13.8 Å². The molecule has 1 aromatic heterocycles. The molecule has 0 saturated carbocycles. The zero-order valence-corrected chi connectivity index (χ0v) is 19.4. The van der Waals surface area contributed by atoms with Gasteiger partial charge in [-0.05, 0) is 38.1 Å². The standard InChI is InChI=1S/C22H22FN5O5S/c1-15-11-17(16(2)27(15)21-10-5-4-9-20(21)23)13-24-25-22(29)14-26(34(3,32)33)18-7-6-8-19(12-18)28(30)31/h4-13H,14H2,1-3H3,(H,25,29)/b24-13-. The number of sulfonamides is 1. The van der Waals surface area contributed by atoms with Crippen LogP contribution in [0.15, 0.2) is 59.7 Å². The maximum Gasteiger partial charge on any atom is 0.271 e. The van der Waals surface area contributed by atoms with Gasteiger partial charge in [0, 0.05) is 29.1 Å². The fourth-order valence-electron chi connectivity index (χ4n) is 3.42. The lowest BCUT2D eigenvalue weighted by Gasteiger charge is -2.21. The summed E-state index contributed by atoms with van der Waals surface area (Å²) in [7, 11) is -3.92. The smallest absolute Gasteiger partial charge is 0.271 e. The average molecular weight is 488 g/mol. The Balaban J connectivity index is 1.77. The third kappa shape index (κ3) is 5.46. The average Bonchev–Trinajstić information content (AvgIpc) is 3.04. The molecule has 0 aliphatic rings. The zero-order valence-electron chi connectivity index (χ0n) is 18.6. The van der Waals surface area contributed by atoms with Crippen LogP contribution in [0.1, 0.15) is 17.0 Å². The Morgan fingerprint density at radius 1 is 1.21 bits per heavy atom. The molecule has 0 fully saturated rings. The molecule has 1 heterocycles.